The average molecular weight is 543 g/mol. The second-order valence-electron chi connectivity index (χ2n) is 5.02. The van der Waals surface area contributed by atoms with Crippen molar-refractivity contribution in [3.05, 3.63) is 73.1 Å². The minimum atomic E-state index is -6.00. The zero-order valence-corrected chi connectivity index (χ0v) is 16.5. The molecule has 2 heterocycles. The number of allylic oxidation sites excluding steroid dienone is 4. The Morgan fingerprint density at radius 1 is 0.615 bits per heavy atom. The normalized spacial score (nSPS) is 15.4. The molecule has 0 amide bonds. The van der Waals surface area contributed by atoms with Crippen molar-refractivity contribution in [3.63, 3.8) is 0 Å². The molecule has 2 nitrogen and oxygen atoms in total. The zero-order chi connectivity index (χ0) is 18.4. The first-order chi connectivity index (χ1) is 12.0. The fourth-order valence-electron chi connectivity index (χ4n) is 1.88. The number of nitrogens with zero attached hydrogens (tertiary/aromatic N) is 2. The molecule has 143 valence electrons. The molecule has 0 fully saturated rings. The summed E-state index contributed by atoms with van der Waals surface area (Å²) >= 11 is 0. The number of aromatic nitrogens is 2. The van der Waals surface area contributed by atoms with Crippen molar-refractivity contribution in [1.29, 1.82) is 0 Å². The summed E-state index contributed by atoms with van der Waals surface area (Å²) in [6.07, 6.45) is 17.5. The first-order valence-electron chi connectivity index (χ1n) is 7.96. The fraction of sp³-hybridized carbons (Fsp3) is 0.222. The van der Waals surface area contributed by atoms with E-state index in [-0.39, 0.29) is 20.1 Å². The van der Waals surface area contributed by atoms with Gasteiger partial charge in [-0.15, -0.1) is 0 Å². The summed E-state index contributed by atoms with van der Waals surface area (Å²) in [7, 11) is -6.00. The second-order valence-corrected chi connectivity index (χ2v) is 5.02. The van der Waals surface area contributed by atoms with Gasteiger partial charge in [-0.3, -0.25) is 9.97 Å². The summed E-state index contributed by atoms with van der Waals surface area (Å²) in [6, 6.07) is 11.6. The molecule has 0 saturated heterocycles. The van der Waals surface area contributed by atoms with E-state index in [1.807, 2.05) is 36.4 Å². The van der Waals surface area contributed by atoms with Crippen LogP contribution in [0.1, 0.15) is 25.7 Å². The third-order valence-electron chi connectivity index (χ3n) is 2.93. The van der Waals surface area contributed by atoms with Crippen molar-refractivity contribution in [2.45, 2.75) is 25.7 Å². The fourth-order valence-corrected chi connectivity index (χ4v) is 1.88. The van der Waals surface area contributed by atoms with Gasteiger partial charge in [-0.05, 0) is 49.9 Å². The molecule has 2 aromatic heterocycles. The van der Waals surface area contributed by atoms with Gasteiger partial charge in [0.25, 0.3) is 0 Å². The summed E-state index contributed by atoms with van der Waals surface area (Å²) < 4.78 is 39.0. The Kier molecular flexibility index (Phi) is 13.4. The van der Waals surface area contributed by atoms with Gasteiger partial charge in [0.2, 0.25) is 0 Å². The predicted octanol–water partition coefficient (Wildman–Crippen LogP) is 6.11. The van der Waals surface area contributed by atoms with Crippen LogP contribution in [0, 0.1) is 0 Å². The van der Waals surface area contributed by atoms with E-state index < -0.39 is 7.25 Å². The van der Waals surface area contributed by atoms with Gasteiger partial charge in [0.15, 0.2) is 0 Å². The number of hydrogen-bond acceptors (Lipinski definition) is 2. The molecule has 26 heavy (non-hydrogen) atoms. The summed E-state index contributed by atoms with van der Waals surface area (Å²) in [5, 5.41) is 0. The summed E-state index contributed by atoms with van der Waals surface area (Å²) in [5.74, 6) is 0. The second kappa shape index (κ2) is 14.4. The van der Waals surface area contributed by atoms with Crippen LogP contribution in [0.25, 0.3) is 11.4 Å². The van der Waals surface area contributed by atoms with Crippen molar-refractivity contribution in [2.75, 3.05) is 0 Å². The van der Waals surface area contributed by atoms with Crippen molar-refractivity contribution in [1.82, 2.24) is 9.97 Å². The van der Waals surface area contributed by atoms with Gasteiger partial charge in [0.1, 0.15) is 0 Å². The first-order valence-corrected chi connectivity index (χ1v) is 7.96. The SMILES string of the molecule is C1=C\CC/C=C\CC/1.F[B-](F)(F)F.[Ir].c1ccc(-c2ccccn2)nc1. The molecule has 8 heteroatoms. The number of rotatable bonds is 1. The van der Waals surface area contributed by atoms with Gasteiger partial charge < -0.3 is 17.3 Å². The van der Waals surface area contributed by atoms with Crippen LogP contribution in [0.2, 0.25) is 0 Å². The Balaban J connectivity index is 0.000000391. The summed E-state index contributed by atoms with van der Waals surface area (Å²) in [4.78, 5) is 8.37. The Morgan fingerprint density at radius 2 is 0.923 bits per heavy atom. The topological polar surface area (TPSA) is 25.8 Å². The molecule has 0 aliphatic heterocycles. The van der Waals surface area contributed by atoms with Gasteiger partial charge in [-0.25, -0.2) is 0 Å². The van der Waals surface area contributed by atoms with Crippen molar-refractivity contribution in [2.24, 2.45) is 0 Å². The van der Waals surface area contributed by atoms with E-state index in [0.717, 1.165) is 11.4 Å². The molecule has 0 unspecified atom stereocenters. The molecule has 0 spiro atoms. The molecule has 0 aromatic carbocycles. The van der Waals surface area contributed by atoms with Gasteiger partial charge >= 0.3 is 7.25 Å². The summed E-state index contributed by atoms with van der Waals surface area (Å²) in [6.45, 7) is 0. The van der Waals surface area contributed by atoms with Gasteiger partial charge in [-0.1, -0.05) is 36.4 Å². The molecule has 1 aliphatic carbocycles. The number of halogens is 4. The zero-order valence-electron chi connectivity index (χ0n) is 14.1. The molecular formula is C18H20BF4IrN2-. The minimum absolute atomic E-state index is 0. The van der Waals surface area contributed by atoms with Crippen LogP contribution in [0.3, 0.4) is 0 Å². The summed E-state index contributed by atoms with van der Waals surface area (Å²) in [5.41, 5.74) is 1.83. The van der Waals surface area contributed by atoms with Crippen molar-refractivity contribution < 1.29 is 37.4 Å². The van der Waals surface area contributed by atoms with Gasteiger partial charge in [0, 0.05) is 32.5 Å². The minimum Gasteiger partial charge on any atom is -0.418 e. The number of pyridine rings is 2. The molecule has 2 aromatic rings. The van der Waals surface area contributed by atoms with Crippen LogP contribution >= 0.6 is 0 Å². The van der Waals surface area contributed by atoms with E-state index in [2.05, 4.69) is 34.3 Å². The van der Waals surface area contributed by atoms with Crippen LogP contribution < -0.4 is 0 Å². The van der Waals surface area contributed by atoms with Crippen LogP contribution in [-0.4, -0.2) is 17.2 Å². The first kappa shape index (κ1) is 24.2. The maximum atomic E-state index is 9.75. The third-order valence-corrected chi connectivity index (χ3v) is 2.93. The predicted molar refractivity (Wildman–Crippen MR) is 94.4 cm³/mol. The molecule has 0 atom stereocenters. The molecular weight excluding hydrogens is 523 g/mol. The average Bonchev–Trinajstić information content (AvgIpc) is 2.55. The van der Waals surface area contributed by atoms with Crippen LogP contribution in [0.5, 0.6) is 0 Å². The Morgan fingerprint density at radius 3 is 1.15 bits per heavy atom. The molecule has 1 aliphatic rings. The standard InChI is InChI=1S/C10H8N2.C8H12.BF4.Ir/c1-3-7-11-9(5-1)10-6-2-4-8-12-10;1-2-4-6-8-7-5-3-1;2-1(3,4)5;/h1-8H;1-2,7-8H,3-6H2;;/q;;-1;/b;2-1-,8-7-;;. The molecule has 0 bridgehead atoms. The maximum Gasteiger partial charge on any atom is 0.673 e. The quantitative estimate of drug-likeness (QED) is 0.246. The van der Waals surface area contributed by atoms with E-state index in [1.54, 1.807) is 12.4 Å². The Bertz CT molecular complexity index is 565. The van der Waals surface area contributed by atoms with Crippen LogP contribution in [0.15, 0.2) is 73.1 Å². The number of hydrogen-bond donors (Lipinski definition) is 0. The van der Waals surface area contributed by atoms with E-state index in [9.17, 15) is 17.3 Å². The molecule has 3 rings (SSSR count). The van der Waals surface area contributed by atoms with Crippen LogP contribution in [-0.2, 0) is 20.1 Å². The van der Waals surface area contributed by atoms with Crippen molar-refractivity contribution in [3.8, 4) is 11.4 Å². The third kappa shape index (κ3) is 14.5. The monoisotopic (exact) mass is 544 g/mol. The van der Waals surface area contributed by atoms with E-state index in [0.29, 0.717) is 0 Å². The maximum absolute atomic E-state index is 9.75. The van der Waals surface area contributed by atoms with Crippen LogP contribution in [0.4, 0.5) is 17.3 Å². The van der Waals surface area contributed by atoms with E-state index >= 15 is 0 Å². The Hall–Kier alpha value is -1.79. The molecule has 0 N–H and O–H groups in total. The smallest absolute Gasteiger partial charge is 0.418 e. The van der Waals surface area contributed by atoms with E-state index in [1.165, 1.54) is 25.7 Å². The Labute approximate surface area is 164 Å². The van der Waals surface area contributed by atoms with Gasteiger partial charge in [-0.2, -0.15) is 0 Å². The molecule has 1 radical (unpaired) electrons. The molecule has 0 saturated carbocycles. The van der Waals surface area contributed by atoms with E-state index in [4.69, 9.17) is 0 Å². The largest absolute Gasteiger partial charge is 0.673 e. The van der Waals surface area contributed by atoms with Gasteiger partial charge in [0.05, 0.1) is 11.4 Å². The van der Waals surface area contributed by atoms with Crippen molar-refractivity contribution >= 4 is 7.25 Å².